The predicted molar refractivity (Wildman–Crippen MR) is 74.6 cm³/mol. The van der Waals surface area contributed by atoms with Gasteiger partial charge in [0, 0.05) is 11.5 Å². The quantitative estimate of drug-likeness (QED) is 0.809. The number of imidazole rings is 1. The molecule has 96 valence electrons. The van der Waals surface area contributed by atoms with Gasteiger partial charge in [-0.25, -0.2) is 4.98 Å². The third kappa shape index (κ3) is 1.74. The first-order valence-corrected chi connectivity index (χ1v) is 6.82. The van der Waals surface area contributed by atoms with Crippen molar-refractivity contribution in [3.05, 3.63) is 29.6 Å². The molecule has 2 unspecified atom stereocenters. The molecule has 0 spiro atoms. The summed E-state index contributed by atoms with van der Waals surface area (Å²) in [6, 6.07) is 6.56. The van der Waals surface area contributed by atoms with E-state index in [-0.39, 0.29) is 11.5 Å². The second kappa shape index (κ2) is 4.09. The van der Waals surface area contributed by atoms with Gasteiger partial charge in [0.15, 0.2) is 0 Å². The highest BCUT2D eigenvalue weighted by Gasteiger charge is 2.38. The maximum atomic E-state index is 6.34. The zero-order chi connectivity index (χ0) is 12.8. The van der Waals surface area contributed by atoms with Crippen LogP contribution >= 0.6 is 0 Å². The van der Waals surface area contributed by atoms with Crippen LogP contribution in [0.4, 0.5) is 0 Å². The number of aromatic nitrogens is 2. The lowest BCUT2D eigenvalue weighted by Crippen LogP contribution is -2.46. The highest BCUT2D eigenvalue weighted by atomic mass is 15.0. The van der Waals surface area contributed by atoms with Crippen LogP contribution in [0.3, 0.4) is 0 Å². The summed E-state index contributed by atoms with van der Waals surface area (Å²) in [5.41, 5.74) is 9.78. The topological polar surface area (TPSA) is 54.7 Å². The molecule has 1 fully saturated rings. The molecule has 2 aromatic rings. The largest absolute Gasteiger partial charge is 0.341 e. The molecule has 3 rings (SSSR count). The Morgan fingerprint density at radius 2 is 2.22 bits per heavy atom. The smallest absolute Gasteiger partial charge is 0.114 e. The summed E-state index contributed by atoms with van der Waals surface area (Å²) in [7, 11) is 0. The van der Waals surface area contributed by atoms with Gasteiger partial charge >= 0.3 is 0 Å². The van der Waals surface area contributed by atoms with Crippen LogP contribution < -0.4 is 5.73 Å². The Morgan fingerprint density at radius 3 is 3.00 bits per heavy atom. The van der Waals surface area contributed by atoms with E-state index in [0.717, 1.165) is 29.7 Å². The van der Waals surface area contributed by atoms with Gasteiger partial charge in [-0.1, -0.05) is 25.8 Å². The fourth-order valence-electron chi connectivity index (χ4n) is 3.05. The fraction of sp³-hybridized carbons (Fsp3) is 0.533. The zero-order valence-corrected chi connectivity index (χ0v) is 11.2. The van der Waals surface area contributed by atoms with E-state index in [1.165, 1.54) is 18.4 Å². The molecule has 3 N–H and O–H groups in total. The number of rotatable bonds is 1. The zero-order valence-electron chi connectivity index (χ0n) is 11.2. The van der Waals surface area contributed by atoms with E-state index >= 15 is 0 Å². The average molecular weight is 243 g/mol. The number of nitrogens with one attached hydrogen (secondary N) is 1. The molecule has 0 saturated heterocycles. The third-order valence-corrected chi connectivity index (χ3v) is 4.46. The standard InChI is InChI=1S/C15H21N3/c1-10-6-7-11-12(9-10)18-14(17-11)15(2)8-4-3-5-13(15)16/h6-7,9,13H,3-5,8,16H2,1-2H3,(H,17,18). The van der Waals surface area contributed by atoms with E-state index in [1.807, 2.05) is 0 Å². The molecule has 18 heavy (non-hydrogen) atoms. The molecule has 2 atom stereocenters. The number of hydrogen-bond acceptors (Lipinski definition) is 2. The van der Waals surface area contributed by atoms with Crippen LogP contribution in [0.2, 0.25) is 0 Å². The number of hydrogen-bond donors (Lipinski definition) is 2. The van der Waals surface area contributed by atoms with Crippen LogP contribution in [-0.2, 0) is 5.41 Å². The van der Waals surface area contributed by atoms with Crippen LogP contribution in [-0.4, -0.2) is 16.0 Å². The second-order valence-corrected chi connectivity index (χ2v) is 5.88. The van der Waals surface area contributed by atoms with Gasteiger partial charge in [-0.2, -0.15) is 0 Å². The summed E-state index contributed by atoms with van der Waals surface area (Å²) >= 11 is 0. The van der Waals surface area contributed by atoms with Gasteiger partial charge in [-0.3, -0.25) is 0 Å². The summed E-state index contributed by atoms with van der Waals surface area (Å²) in [6.07, 6.45) is 4.73. The van der Waals surface area contributed by atoms with Crippen LogP contribution in [0.15, 0.2) is 18.2 Å². The SMILES string of the molecule is Cc1ccc2nc(C3(C)CCCCC3N)[nH]c2c1. The van der Waals surface area contributed by atoms with Crippen LogP contribution in [0.1, 0.15) is 44.0 Å². The van der Waals surface area contributed by atoms with Crippen molar-refractivity contribution in [2.24, 2.45) is 5.73 Å². The van der Waals surface area contributed by atoms with Gasteiger partial charge in [-0.15, -0.1) is 0 Å². The van der Waals surface area contributed by atoms with Crippen molar-refractivity contribution in [1.29, 1.82) is 0 Å². The van der Waals surface area contributed by atoms with E-state index in [9.17, 15) is 0 Å². The predicted octanol–water partition coefficient (Wildman–Crippen LogP) is 3.03. The van der Waals surface area contributed by atoms with E-state index in [2.05, 4.69) is 37.0 Å². The minimum Gasteiger partial charge on any atom is -0.341 e. The summed E-state index contributed by atoms with van der Waals surface area (Å²) < 4.78 is 0. The summed E-state index contributed by atoms with van der Waals surface area (Å²) in [5.74, 6) is 1.07. The molecule has 0 bridgehead atoms. The molecule has 1 saturated carbocycles. The average Bonchev–Trinajstić information content (AvgIpc) is 2.76. The number of nitrogens with zero attached hydrogens (tertiary/aromatic N) is 1. The maximum absolute atomic E-state index is 6.34. The van der Waals surface area contributed by atoms with E-state index < -0.39 is 0 Å². The maximum Gasteiger partial charge on any atom is 0.114 e. The number of aryl methyl sites for hydroxylation is 1. The molecular formula is C15H21N3. The normalized spacial score (nSPS) is 28.7. The summed E-state index contributed by atoms with van der Waals surface area (Å²) in [5, 5.41) is 0. The molecule has 3 nitrogen and oxygen atoms in total. The van der Waals surface area contributed by atoms with E-state index in [0.29, 0.717) is 0 Å². The number of aromatic amines is 1. The lowest BCUT2D eigenvalue weighted by Gasteiger charge is -2.37. The van der Waals surface area contributed by atoms with Crippen LogP contribution in [0.5, 0.6) is 0 Å². The molecule has 0 radical (unpaired) electrons. The minimum absolute atomic E-state index is 0.00513. The van der Waals surface area contributed by atoms with Crippen molar-refractivity contribution in [2.45, 2.75) is 51.0 Å². The molecule has 1 aliphatic rings. The van der Waals surface area contributed by atoms with Crippen molar-refractivity contribution in [3.63, 3.8) is 0 Å². The van der Waals surface area contributed by atoms with Gasteiger partial charge in [0.05, 0.1) is 11.0 Å². The van der Waals surface area contributed by atoms with Gasteiger partial charge in [0.2, 0.25) is 0 Å². The minimum atomic E-state index is 0.00513. The Bertz CT molecular complexity index is 572. The van der Waals surface area contributed by atoms with Crippen molar-refractivity contribution in [3.8, 4) is 0 Å². The molecule has 0 aliphatic heterocycles. The Morgan fingerprint density at radius 1 is 1.39 bits per heavy atom. The van der Waals surface area contributed by atoms with Gasteiger partial charge in [0.25, 0.3) is 0 Å². The Labute approximate surface area is 108 Å². The molecule has 0 amide bonds. The summed E-state index contributed by atoms with van der Waals surface area (Å²) in [6.45, 7) is 4.36. The first-order chi connectivity index (χ1) is 8.59. The van der Waals surface area contributed by atoms with Crippen molar-refractivity contribution in [2.75, 3.05) is 0 Å². The van der Waals surface area contributed by atoms with E-state index in [4.69, 9.17) is 10.7 Å². The Kier molecular flexibility index (Phi) is 2.67. The summed E-state index contributed by atoms with van der Waals surface area (Å²) in [4.78, 5) is 8.25. The molecule has 3 heteroatoms. The molecular weight excluding hydrogens is 222 g/mol. The molecule has 1 aromatic heterocycles. The lowest BCUT2D eigenvalue weighted by molar-refractivity contribution is 0.260. The monoisotopic (exact) mass is 243 g/mol. The highest BCUT2D eigenvalue weighted by molar-refractivity contribution is 5.76. The van der Waals surface area contributed by atoms with Crippen LogP contribution in [0.25, 0.3) is 11.0 Å². The molecule has 1 heterocycles. The van der Waals surface area contributed by atoms with E-state index in [1.54, 1.807) is 0 Å². The van der Waals surface area contributed by atoms with Gasteiger partial charge in [-0.05, 0) is 37.5 Å². The first-order valence-electron chi connectivity index (χ1n) is 6.82. The second-order valence-electron chi connectivity index (χ2n) is 5.88. The number of nitrogens with two attached hydrogens (primary N) is 1. The molecule has 1 aliphatic carbocycles. The number of benzene rings is 1. The van der Waals surface area contributed by atoms with Gasteiger partial charge in [0.1, 0.15) is 5.82 Å². The third-order valence-electron chi connectivity index (χ3n) is 4.46. The van der Waals surface area contributed by atoms with Crippen molar-refractivity contribution < 1.29 is 0 Å². The van der Waals surface area contributed by atoms with Crippen molar-refractivity contribution in [1.82, 2.24) is 9.97 Å². The fourth-order valence-corrected chi connectivity index (χ4v) is 3.05. The van der Waals surface area contributed by atoms with Crippen molar-refractivity contribution >= 4 is 11.0 Å². The van der Waals surface area contributed by atoms with Gasteiger partial charge < -0.3 is 10.7 Å². The Balaban J connectivity index is 2.07. The number of fused-ring (bicyclic) bond motifs is 1. The highest BCUT2D eigenvalue weighted by Crippen LogP contribution is 2.37. The molecule has 1 aromatic carbocycles. The Hall–Kier alpha value is -1.35. The van der Waals surface area contributed by atoms with Crippen LogP contribution in [0, 0.1) is 6.92 Å². The lowest BCUT2D eigenvalue weighted by atomic mass is 9.71. The number of H-pyrrole nitrogens is 1. The first kappa shape index (κ1) is 11.7.